The molecule has 0 spiro atoms. The number of rotatable bonds is 3. The average Bonchev–Trinajstić information content (AvgIpc) is 2.97. The summed E-state index contributed by atoms with van der Waals surface area (Å²) in [6.45, 7) is 4.18. The molecule has 0 aliphatic rings. The van der Waals surface area contributed by atoms with Crippen molar-refractivity contribution in [3.05, 3.63) is 59.9 Å². The highest BCUT2D eigenvalue weighted by molar-refractivity contribution is 5.72. The van der Waals surface area contributed by atoms with Gasteiger partial charge in [-0.3, -0.25) is 5.10 Å². The Balaban J connectivity index is 2.05. The lowest BCUT2D eigenvalue weighted by Gasteiger charge is -2.08. The average molecular weight is 296 g/mol. The fourth-order valence-corrected chi connectivity index (χ4v) is 2.40. The number of halogens is 1. The molecule has 0 bridgehead atoms. The van der Waals surface area contributed by atoms with Gasteiger partial charge < -0.3 is 5.11 Å². The lowest BCUT2D eigenvalue weighted by molar-refractivity contribution is 0.477. The molecule has 1 aromatic heterocycles. The number of hydrogen-bond donors (Lipinski definition) is 2. The summed E-state index contributed by atoms with van der Waals surface area (Å²) in [4.78, 5) is 0. The van der Waals surface area contributed by atoms with Crippen molar-refractivity contribution in [3.63, 3.8) is 0 Å². The Bertz CT molecular complexity index is 808. The summed E-state index contributed by atoms with van der Waals surface area (Å²) in [5.41, 5.74) is 3.40. The Labute approximate surface area is 128 Å². The van der Waals surface area contributed by atoms with E-state index in [1.54, 1.807) is 30.3 Å². The van der Waals surface area contributed by atoms with Crippen LogP contribution in [0.15, 0.2) is 48.5 Å². The van der Waals surface area contributed by atoms with Crippen LogP contribution in [0, 0.1) is 5.82 Å². The molecule has 22 heavy (non-hydrogen) atoms. The monoisotopic (exact) mass is 296 g/mol. The predicted octanol–water partition coefficient (Wildman–Crippen LogP) is 4.71. The van der Waals surface area contributed by atoms with Gasteiger partial charge in [0, 0.05) is 11.1 Å². The number of phenols is 1. The maximum Gasteiger partial charge on any atom is 0.132 e. The van der Waals surface area contributed by atoms with E-state index in [2.05, 4.69) is 24.0 Å². The second-order valence-electron chi connectivity index (χ2n) is 5.58. The Morgan fingerprint density at radius 1 is 1.05 bits per heavy atom. The van der Waals surface area contributed by atoms with Crippen molar-refractivity contribution in [2.24, 2.45) is 0 Å². The Kier molecular flexibility index (Phi) is 3.67. The maximum absolute atomic E-state index is 13.8. The van der Waals surface area contributed by atoms with Crippen molar-refractivity contribution in [2.45, 2.75) is 19.8 Å². The molecule has 0 aliphatic heterocycles. The lowest BCUT2D eigenvalue weighted by Crippen LogP contribution is -1.88. The van der Waals surface area contributed by atoms with Crippen molar-refractivity contribution in [1.82, 2.24) is 10.2 Å². The number of phenolic OH excluding ortho intramolecular Hbond substituents is 1. The van der Waals surface area contributed by atoms with Crippen LogP contribution in [-0.2, 0) is 0 Å². The molecule has 0 unspecified atom stereocenters. The first-order valence-electron chi connectivity index (χ1n) is 7.20. The first-order valence-corrected chi connectivity index (χ1v) is 7.20. The van der Waals surface area contributed by atoms with E-state index in [1.165, 1.54) is 6.07 Å². The molecule has 3 nitrogen and oxygen atoms in total. The number of H-pyrrole nitrogens is 1. The number of nitrogens with zero attached hydrogens (tertiary/aromatic N) is 1. The number of benzene rings is 2. The van der Waals surface area contributed by atoms with E-state index in [0.29, 0.717) is 28.4 Å². The minimum absolute atomic E-state index is 0.174. The minimum Gasteiger partial charge on any atom is -0.507 e. The molecule has 2 aromatic carbocycles. The van der Waals surface area contributed by atoms with Crippen LogP contribution in [0.3, 0.4) is 0 Å². The molecular formula is C18H17FN2O. The molecule has 0 radical (unpaired) electrons. The molecule has 4 heteroatoms. The quantitative estimate of drug-likeness (QED) is 0.735. The summed E-state index contributed by atoms with van der Waals surface area (Å²) in [5.74, 6) is 0.210. The number of nitrogens with one attached hydrogen (secondary N) is 1. The summed E-state index contributed by atoms with van der Waals surface area (Å²) in [5, 5.41) is 17.1. The normalized spacial score (nSPS) is 11.1. The fraction of sp³-hybridized carbons (Fsp3) is 0.167. The maximum atomic E-state index is 13.8. The molecule has 0 saturated carbocycles. The van der Waals surface area contributed by atoms with Gasteiger partial charge in [-0.05, 0) is 41.8 Å². The standard InChI is InChI=1S/C18H17FN2O/c1-11(2)12-7-8-18(22)14(9-12)17-10-16(20-21-17)13-5-3-4-6-15(13)19/h3-11,22H,1-2H3,(H,20,21). The Morgan fingerprint density at radius 2 is 1.82 bits per heavy atom. The number of hydrogen-bond acceptors (Lipinski definition) is 2. The second-order valence-corrected chi connectivity index (χ2v) is 5.58. The summed E-state index contributed by atoms with van der Waals surface area (Å²) in [6, 6.07) is 13.7. The molecule has 0 atom stereocenters. The molecule has 2 N–H and O–H groups in total. The van der Waals surface area contributed by atoms with E-state index >= 15 is 0 Å². The van der Waals surface area contributed by atoms with Crippen molar-refractivity contribution in [3.8, 4) is 28.3 Å². The van der Waals surface area contributed by atoms with Gasteiger partial charge in [-0.15, -0.1) is 0 Å². The largest absolute Gasteiger partial charge is 0.507 e. The van der Waals surface area contributed by atoms with Gasteiger partial charge in [0.25, 0.3) is 0 Å². The summed E-state index contributed by atoms with van der Waals surface area (Å²) in [6.07, 6.45) is 0. The van der Waals surface area contributed by atoms with Crippen molar-refractivity contribution < 1.29 is 9.50 Å². The zero-order valence-electron chi connectivity index (χ0n) is 12.5. The van der Waals surface area contributed by atoms with Crippen LogP contribution in [0.25, 0.3) is 22.5 Å². The summed E-state index contributed by atoms with van der Waals surface area (Å²) >= 11 is 0. The highest BCUT2D eigenvalue weighted by Gasteiger charge is 2.13. The molecule has 3 rings (SSSR count). The van der Waals surface area contributed by atoms with Crippen LogP contribution in [0.2, 0.25) is 0 Å². The summed E-state index contributed by atoms with van der Waals surface area (Å²) < 4.78 is 13.8. The van der Waals surface area contributed by atoms with Crippen LogP contribution in [0.4, 0.5) is 4.39 Å². The summed E-state index contributed by atoms with van der Waals surface area (Å²) in [7, 11) is 0. The zero-order chi connectivity index (χ0) is 15.7. The lowest BCUT2D eigenvalue weighted by atomic mass is 9.98. The molecule has 0 aliphatic carbocycles. The zero-order valence-corrected chi connectivity index (χ0v) is 12.5. The van der Waals surface area contributed by atoms with Gasteiger partial charge in [0.05, 0.1) is 11.4 Å². The van der Waals surface area contributed by atoms with Crippen molar-refractivity contribution in [2.75, 3.05) is 0 Å². The third-order valence-corrected chi connectivity index (χ3v) is 3.71. The van der Waals surface area contributed by atoms with E-state index in [0.717, 1.165) is 5.56 Å². The van der Waals surface area contributed by atoms with Crippen LogP contribution in [0.1, 0.15) is 25.3 Å². The van der Waals surface area contributed by atoms with Gasteiger partial charge in [-0.1, -0.05) is 32.0 Å². The molecule has 0 fully saturated rings. The van der Waals surface area contributed by atoms with Crippen LogP contribution in [-0.4, -0.2) is 15.3 Å². The van der Waals surface area contributed by atoms with E-state index in [4.69, 9.17) is 0 Å². The predicted molar refractivity (Wildman–Crippen MR) is 85.2 cm³/mol. The highest BCUT2D eigenvalue weighted by atomic mass is 19.1. The van der Waals surface area contributed by atoms with Gasteiger partial charge in [-0.2, -0.15) is 5.10 Å². The SMILES string of the molecule is CC(C)c1ccc(O)c(-c2cc(-c3ccccc3F)n[nH]2)c1. The van der Waals surface area contributed by atoms with Gasteiger partial charge in [0.2, 0.25) is 0 Å². The molecule has 1 heterocycles. The van der Waals surface area contributed by atoms with Gasteiger partial charge in [0.15, 0.2) is 0 Å². The van der Waals surface area contributed by atoms with Crippen LogP contribution >= 0.6 is 0 Å². The fourth-order valence-electron chi connectivity index (χ4n) is 2.40. The Hall–Kier alpha value is -2.62. The van der Waals surface area contributed by atoms with Crippen LogP contribution in [0.5, 0.6) is 5.75 Å². The number of aromatic hydroxyl groups is 1. The van der Waals surface area contributed by atoms with E-state index < -0.39 is 0 Å². The van der Waals surface area contributed by atoms with Gasteiger partial charge >= 0.3 is 0 Å². The van der Waals surface area contributed by atoms with Gasteiger partial charge in [0.1, 0.15) is 11.6 Å². The smallest absolute Gasteiger partial charge is 0.132 e. The van der Waals surface area contributed by atoms with Gasteiger partial charge in [-0.25, -0.2) is 4.39 Å². The molecular weight excluding hydrogens is 279 g/mol. The van der Waals surface area contributed by atoms with Crippen molar-refractivity contribution >= 4 is 0 Å². The molecule has 0 saturated heterocycles. The Morgan fingerprint density at radius 3 is 2.55 bits per heavy atom. The third kappa shape index (κ3) is 2.60. The van der Waals surface area contributed by atoms with E-state index in [9.17, 15) is 9.50 Å². The number of aromatic nitrogens is 2. The molecule has 0 amide bonds. The first-order chi connectivity index (χ1) is 10.6. The minimum atomic E-state index is -0.319. The molecule has 3 aromatic rings. The first kappa shape index (κ1) is 14.3. The topological polar surface area (TPSA) is 48.9 Å². The molecule has 112 valence electrons. The third-order valence-electron chi connectivity index (χ3n) is 3.71. The second kappa shape index (κ2) is 5.64. The van der Waals surface area contributed by atoms with E-state index in [1.807, 2.05) is 12.1 Å². The van der Waals surface area contributed by atoms with E-state index in [-0.39, 0.29) is 11.6 Å². The van der Waals surface area contributed by atoms with Crippen molar-refractivity contribution in [1.29, 1.82) is 0 Å². The van der Waals surface area contributed by atoms with Crippen LogP contribution < -0.4 is 0 Å². The number of aromatic amines is 1. The highest BCUT2D eigenvalue weighted by Crippen LogP contribution is 2.33.